The smallest absolute Gasteiger partial charge is 0.254 e. The second-order valence-corrected chi connectivity index (χ2v) is 7.60. The lowest BCUT2D eigenvalue weighted by Gasteiger charge is -2.24. The van der Waals surface area contributed by atoms with Gasteiger partial charge < -0.3 is 4.90 Å². The van der Waals surface area contributed by atoms with Crippen molar-refractivity contribution >= 4 is 29.0 Å². The minimum atomic E-state index is 0.112. The predicted octanol–water partition coefficient (Wildman–Crippen LogP) is 4.63. The van der Waals surface area contributed by atoms with Gasteiger partial charge in [-0.3, -0.25) is 9.36 Å². The molecule has 4 rings (SSSR count). The Kier molecular flexibility index (Phi) is 4.63. The number of benzene rings is 1. The maximum absolute atomic E-state index is 13.1. The summed E-state index contributed by atoms with van der Waals surface area (Å²) in [6.45, 7) is 0.824. The van der Waals surface area contributed by atoms with Gasteiger partial charge in [0.05, 0.1) is 6.04 Å². The molecule has 128 valence electrons. The van der Waals surface area contributed by atoms with E-state index in [4.69, 9.17) is 0 Å². The van der Waals surface area contributed by atoms with Crippen LogP contribution in [0.4, 0.5) is 0 Å². The van der Waals surface area contributed by atoms with E-state index in [2.05, 4.69) is 21.8 Å². The number of thiophene rings is 1. The lowest BCUT2D eigenvalue weighted by Crippen LogP contribution is -2.30. The third-order valence-corrected chi connectivity index (χ3v) is 5.97. The Labute approximate surface area is 155 Å². The number of aromatic nitrogens is 2. The largest absolute Gasteiger partial charge is 0.332 e. The molecule has 0 N–H and O–H groups in total. The zero-order chi connectivity index (χ0) is 17.2. The molecule has 4 nitrogen and oxygen atoms in total. The van der Waals surface area contributed by atoms with Crippen molar-refractivity contribution in [2.45, 2.75) is 24.0 Å². The van der Waals surface area contributed by atoms with Crippen LogP contribution in [-0.4, -0.2) is 33.2 Å². The van der Waals surface area contributed by atoms with Gasteiger partial charge in [-0.2, -0.15) is 11.3 Å². The second kappa shape index (κ2) is 7.06. The summed E-state index contributed by atoms with van der Waals surface area (Å²) in [5.74, 6) is 0.112. The molecule has 0 aliphatic carbocycles. The van der Waals surface area contributed by atoms with Crippen LogP contribution in [0.3, 0.4) is 0 Å². The van der Waals surface area contributed by atoms with Crippen molar-refractivity contribution in [1.29, 1.82) is 0 Å². The molecule has 1 saturated heterocycles. The monoisotopic (exact) mass is 369 g/mol. The van der Waals surface area contributed by atoms with Crippen LogP contribution < -0.4 is 0 Å². The SMILES string of the molecule is CSc1nccn1-c1cccc(C(=O)N2CCCC2c2ccsc2)c1. The molecule has 0 saturated carbocycles. The summed E-state index contributed by atoms with van der Waals surface area (Å²) in [7, 11) is 0. The number of carbonyl (C=O) groups excluding carboxylic acids is 1. The number of imidazole rings is 1. The first kappa shape index (κ1) is 16.4. The number of hydrogen-bond donors (Lipinski definition) is 0. The third-order valence-electron chi connectivity index (χ3n) is 4.60. The van der Waals surface area contributed by atoms with E-state index in [-0.39, 0.29) is 11.9 Å². The molecule has 1 amide bonds. The number of thioether (sulfide) groups is 1. The fourth-order valence-corrected chi connectivity index (χ4v) is 4.65. The zero-order valence-corrected chi connectivity index (χ0v) is 15.6. The molecule has 3 heterocycles. The van der Waals surface area contributed by atoms with Crippen molar-refractivity contribution in [3.8, 4) is 5.69 Å². The highest BCUT2D eigenvalue weighted by molar-refractivity contribution is 7.98. The summed E-state index contributed by atoms with van der Waals surface area (Å²) in [4.78, 5) is 19.5. The molecule has 3 aromatic rings. The molecule has 1 aliphatic heterocycles. The Morgan fingerprint density at radius 1 is 1.36 bits per heavy atom. The van der Waals surface area contributed by atoms with Crippen molar-refractivity contribution in [3.05, 3.63) is 64.6 Å². The Balaban J connectivity index is 1.63. The van der Waals surface area contributed by atoms with E-state index in [0.717, 1.165) is 35.8 Å². The summed E-state index contributed by atoms with van der Waals surface area (Å²) < 4.78 is 2.02. The Morgan fingerprint density at radius 3 is 3.08 bits per heavy atom. The number of hydrogen-bond acceptors (Lipinski definition) is 4. The quantitative estimate of drug-likeness (QED) is 0.629. The fourth-order valence-electron chi connectivity index (χ4n) is 3.41. The van der Waals surface area contributed by atoms with Crippen LogP contribution in [0.2, 0.25) is 0 Å². The van der Waals surface area contributed by atoms with Crippen molar-refractivity contribution < 1.29 is 4.79 Å². The van der Waals surface area contributed by atoms with Gasteiger partial charge in [0.15, 0.2) is 5.16 Å². The van der Waals surface area contributed by atoms with Gasteiger partial charge in [0, 0.05) is 30.2 Å². The fraction of sp³-hybridized carbons (Fsp3) is 0.263. The number of nitrogens with zero attached hydrogens (tertiary/aromatic N) is 3. The van der Waals surface area contributed by atoms with Crippen molar-refractivity contribution in [2.75, 3.05) is 12.8 Å². The Hall–Kier alpha value is -2.05. The van der Waals surface area contributed by atoms with E-state index in [1.54, 1.807) is 29.3 Å². The molecule has 0 radical (unpaired) electrons. The van der Waals surface area contributed by atoms with Crippen LogP contribution in [0.25, 0.3) is 5.69 Å². The summed E-state index contributed by atoms with van der Waals surface area (Å²) in [6.07, 6.45) is 7.82. The molecule has 6 heteroatoms. The van der Waals surface area contributed by atoms with E-state index in [9.17, 15) is 4.79 Å². The molecular formula is C19H19N3OS2. The zero-order valence-electron chi connectivity index (χ0n) is 14.0. The first-order chi connectivity index (χ1) is 12.3. The maximum Gasteiger partial charge on any atom is 0.254 e. The minimum Gasteiger partial charge on any atom is -0.332 e. The van der Waals surface area contributed by atoms with Gasteiger partial charge in [0.2, 0.25) is 0 Å². The summed E-state index contributed by atoms with van der Waals surface area (Å²) in [6, 6.07) is 10.2. The lowest BCUT2D eigenvalue weighted by atomic mass is 10.1. The van der Waals surface area contributed by atoms with E-state index < -0.39 is 0 Å². The number of rotatable bonds is 4. The van der Waals surface area contributed by atoms with Gasteiger partial charge in [-0.25, -0.2) is 4.98 Å². The van der Waals surface area contributed by atoms with E-state index in [1.165, 1.54) is 5.56 Å². The Bertz CT molecular complexity index is 872. The number of likely N-dealkylation sites (tertiary alicyclic amines) is 1. The molecule has 1 unspecified atom stereocenters. The molecule has 0 spiro atoms. The summed E-state index contributed by atoms with van der Waals surface area (Å²) in [5, 5.41) is 5.16. The molecular weight excluding hydrogens is 350 g/mol. The van der Waals surface area contributed by atoms with E-state index in [1.807, 2.05) is 46.2 Å². The molecule has 1 aromatic carbocycles. The van der Waals surface area contributed by atoms with Crippen molar-refractivity contribution in [2.24, 2.45) is 0 Å². The third kappa shape index (κ3) is 3.12. The normalized spacial score (nSPS) is 17.2. The van der Waals surface area contributed by atoms with Gasteiger partial charge in [0.1, 0.15) is 0 Å². The van der Waals surface area contributed by atoms with Crippen molar-refractivity contribution in [1.82, 2.24) is 14.5 Å². The Morgan fingerprint density at radius 2 is 2.28 bits per heavy atom. The molecule has 1 atom stereocenters. The van der Waals surface area contributed by atoms with Gasteiger partial charge in [0.25, 0.3) is 5.91 Å². The minimum absolute atomic E-state index is 0.112. The van der Waals surface area contributed by atoms with Crippen LogP contribution >= 0.6 is 23.1 Å². The number of amides is 1. The standard InChI is InChI=1S/C19H19N3OS2/c1-24-19-20-8-10-21(19)16-5-2-4-14(12-16)18(23)22-9-3-6-17(22)15-7-11-25-13-15/h2,4-5,7-8,10-13,17H,3,6,9H2,1H3. The molecule has 0 bridgehead atoms. The highest BCUT2D eigenvalue weighted by Crippen LogP contribution is 2.34. The lowest BCUT2D eigenvalue weighted by molar-refractivity contribution is 0.0736. The first-order valence-electron chi connectivity index (χ1n) is 8.29. The highest BCUT2D eigenvalue weighted by atomic mass is 32.2. The van der Waals surface area contributed by atoms with Crippen LogP contribution in [0.1, 0.15) is 34.8 Å². The van der Waals surface area contributed by atoms with E-state index >= 15 is 0 Å². The van der Waals surface area contributed by atoms with Gasteiger partial charge in [-0.15, -0.1) is 0 Å². The maximum atomic E-state index is 13.1. The average Bonchev–Trinajstić information content (AvgIpc) is 3.41. The predicted molar refractivity (Wildman–Crippen MR) is 103 cm³/mol. The molecule has 1 aliphatic rings. The molecule has 2 aromatic heterocycles. The summed E-state index contributed by atoms with van der Waals surface area (Å²) >= 11 is 3.28. The van der Waals surface area contributed by atoms with Crippen LogP contribution in [0.5, 0.6) is 0 Å². The summed E-state index contributed by atoms with van der Waals surface area (Å²) in [5.41, 5.74) is 2.96. The van der Waals surface area contributed by atoms with Gasteiger partial charge in [-0.05, 0) is 59.7 Å². The highest BCUT2D eigenvalue weighted by Gasteiger charge is 2.30. The van der Waals surface area contributed by atoms with Crippen LogP contribution in [-0.2, 0) is 0 Å². The molecule has 1 fully saturated rings. The van der Waals surface area contributed by atoms with Crippen molar-refractivity contribution in [3.63, 3.8) is 0 Å². The molecule has 25 heavy (non-hydrogen) atoms. The average molecular weight is 370 g/mol. The van der Waals surface area contributed by atoms with Crippen LogP contribution in [0, 0.1) is 0 Å². The number of carbonyl (C=O) groups is 1. The first-order valence-corrected chi connectivity index (χ1v) is 10.5. The van der Waals surface area contributed by atoms with Gasteiger partial charge >= 0.3 is 0 Å². The second-order valence-electron chi connectivity index (χ2n) is 6.05. The van der Waals surface area contributed by atoms with Gasteiger partial charge in [-0.1, -0.05) is 17.8 Å². The van der Waals surface area contributed by atoms with Crippen LogP contribution in [0.15, 0.2) is 58.6 Å². The topological polar surface area (TPSA) is 38.1 Å². The van der Waals surface area contributed by atoms with E-state index in [0.29, 0.717) is 0 Å².